The lowest BCUT2D eigenvalue weighted by Gasteiger charge is -2.35. The fourth-order valence-electron chi connectivity index (χ4n) is 3.42. The standard InChI is InChI=1S/C18H24N4O2S/c1-3-15-6-4-5-11-22(15)18-10-9-16(20-21-18)14-8-7-13(2)17(12-14)25(19,23)24/h7-10,12,15H,3-6,11H2,1-2H3,(H2,19,23,24)/t15-/m0/s1. The molecule has 1 aromatic carbocycles. The number of aromatic nitrogens is 2. The molecular formula is C18H24N4O2S. The summed E-state index contributed by atoms with van der Waals surface area (Å²) in [5.74, 6) is 0.883. The molecule has 1 aliphatic heterocycles. The first-order valence-corrected chi connectivity index (χ1v) is 10.2. The lowest BCUT2D eigenvalue weighted by Crippen LogP contribution is -2.39. The zero-order valence-corrected chi connectivity index (χ0v) is 15.5. The van der Waals surface area contributed by atoms with Crippen molar-refractivity contribution in [3.63, 3.8) is 0 Å². The van der Waals surface area contributed by atoms with Crippen LogP contribution in [0.3, 0.4) is 0 Å². The van der Waals surface area contributed by atoms with Gasteiger partial charge in [0.1, 0.15) is 0 Å². The minimum atomic E-state index is -3.76. The van der Waals surface area contributed by atoms with Gasteiger partial charge in [0.2, 0.25) is 10.0 Å². The molecule has 2 aromatic rings. The second kappa shape index (κ2) is 7.09. The quantitative estimate of drug-likeness (QED) is 0.905. The molecule has 1 saturated heterocycles. The number of anilines is 1. The molecule has 1 fully saturated rings. The van der Waals surface area contributed by atoms with E-state index in [1.54, 1.807) is 19.1 Å². The average Bonchev–Trinajstić information content (AvgIpc) is 2.61. The highest BCUT2D eigenvalue weighted by atomic mass is 32.2. The second-order valence-corrected chi connectivity index (χ2v) is 8.08. The van der Waals surface area contributed by atoms with Crippen molar-refractivity contribution in [3.8, 4) is 11.3 Å². The fraction of sp³-hybridized carbons (Fsp3) is 0.444. The Morgan fingerprint density at radius 3 is 2.64 bits per heavy atom. The normalized spacial score (nSPS) is 18.4. The van der Waals surface area contributed by atoms with Crippen LogP contribution in [0.4, 0.5) is 5.82 Å². The number of nitrogens with two attached hydrogens (primary N) is 1. The van der Waals surface area contributed by atoms with Gasteiger partial charge in [-0.15, -0.1) is 10.2 Å². The Hall–Kier alpha value is -1.99. The average molecular weight is 360 g/mol. The van der Waals surface area contributed by atoms with Crippen molar-refractivity contribution in [2.24, 2.45) is 5.14 Å². The molecule has 0 radical (unpaired) electrons. The maximum Gasteiger partial charge on any atom is 0.238 e. The van der Waals surface area contributed by atoms with Gasteiger partial charge in [0.25, 0.3) is 0 Å². The molecule has 1 aromatic heterocycles. The van der Waals surface area contributed by atoms with Gasteiger partial charge in [-0.25, -0.2) is 13.6 Å². The summed E-state index contributed by atoms with van der Waals surface area (Å²) in [6.45, 7) is 4.93. The van der Waals surface area contributed by atoms with Crippen molar-refractivity contribution >= 4 is 15.8 Å². The minimum absolute atomic E-state index is 0.123. The summed E-state index contributed by atoms with van der Waals surface area (Å²) in [6.07, 6.45) is 4.73. The third-order valence-electron chi connectivity index (χ3n) is 4.83. The maximum absolute atomic E-state index is 11.7. The van der Waals surface area contributed by atoms with Gasteiger partial charge < -0.3 is 4.90 Å². The van der Waals surface area contributed by atoms with Gasteiger partial charge in [-0.2, -0.15) is 0 Å². The highest BCUT2D eigenvalue weighted by Gasteiger charge is 2.22. The summed E-state index contributed by atoms with van der Waals surface area (Å²) < 4.78 is 23.4. The van der Waals surface area contributed by atoms with Crippen LogP contribution in [-0.4, -0.2) is 31.2 Å². The van der Waals surface area contributed by atoms with Gasteiger partial charge in [-0.1, -0.05) is 19.1 Å². The van der Waals surface area contributed by atoms with Crippen molar-refractivity contribution in [1.29, 1.82) is 0 Å². The van der Waals surface area contributed by atoms with E-state index in [1.165, 1.54) is 19.3 Å². The van der Waals surface area contributed by atoms with Crippen LogP contribution in [0.15, 0.2) is 35.2 Å². The van der Waals surface area contributed by atoms with Gasteiger partial charge >= 0.3 is 0 Å². The lowest BCUT2D eigenvalue weighted by molar-refractivity contribution is 0.445. The second-order valence-electron chi connectivity index (χ2n) is 6.55. The molecule has 6 nitrogen and oxygen atoms in total. The van der Waals surface area contributed by atoms with Crippen LogP contribution in [-0.2, 0) is 10.0 Å². The molecule has 0 saturated carbocycles. The summed E-state index contributed by atoms with van der Waals surface area (Å²) in [5.41, 5.74) is 1.95. The molecule has 1 aliphatic rings. The van der Waals surface area contributed by atoms with Crippen LogP contribution in [0.1, 0.15) is 38.2 Å². The van der Waals surface area contributed by atoms with Gasteiger partial charge in [0.15, 0.2) is 5.82 Å². The maximum atomic E-state index is 11.7. The Bertz CT molecular complexity index is 850. The Morgan fingerprint density at radius 1 is 1.20 bits per heavy atom. The fourth-order valence-corrected chi connectivity index (χ4v) is 4.23. The molecule has 0 unspecified atom stereocenters. The van der Waals surface area contributed by atoms with E-state index < -0.39 is 10.0 Å². The summed E-state index contributed by atoms with van der Waals surface area (Å²) in [5, 5.41) is 14.0. The molecule has 0 spiro atoms. The van der Waals surface area contributed by atoms with Gasteiger partial charge in [0.05, 0.1) is 10.6 Å². The SMILES string of the molecule is CC[C@H]1CCCCN1c1ccc(-c2ccc(C)c(S(N)(=O)=O)c2)nn1. The molecule has 0 amide bonds. The van der Waals surface area contributed by atoms with Crippen LogP contribution >= 0.6 is 0 Å². The topological polar surface area (TPSA) is 89.2 Å². The van der Waals surface area contributed by atoms with E-state index >= 15 is 0 Å². The number of aryl methyl sites for hydroxylation is 1. The molecule has 0 bridgehead atoms. The van der Waals surface area contributed by atoms with E-state index in [2.05, 4.69) is 22.0 Å². The Labute approximate surface area is 149 Å². The number of piperidine rings is 1. The molecule has 1 atom stereocenters. The van der Waals surface area contributed by atoms with Crippen LogP contribution in [0, 0.1) is 6.92 Å². The Balaban J connectivity index is 1.90. The van der Waals surface area contributed by atoms with Gasteiger partial charge in [-0.05, 0) is 56.4 Å². The van der Waals surface area contributed by atoms with Crippen molar-refractivity contribution in [1.82, 2.24) is 10.2 Å². The lowest BCUT2D eigenvalue weighted by atomic mass is 10.00. The van der Waals surface area contributed by atoms with E-state index in [0.29, 0.717) is 22.9 Å². The number of rotatable bonds is 4. The summed E-state index contributed by atoms with van der Waals surface area (Å²) >= 11 is 0. The van der Waals surface area contributed by atoms with E-state index in [0.717, 1.165) is 18.8 Å². The van der Waals surface area contributed by atoms with Crippen LogP contribution in [0.25, 0.3) is 11.3 Å². The zero-order chi connectivity index (χ0) is 18.0. The third-order valence-corrected chi connectivity index (χ3v) is 5.89. The smallest absolute Gasteiger partial charge is 0.238 e. The Morgan fingerprint density at radius 2 is 2.00 bits per heavy atom. The van der Waals surface area contributed by atoms with E-state index in [4.69, 9.17) is 5.14 Å². The van der Waals surface area contributed by atoms with Gasteiger partial charge in [-0.3, -0.25) is 0 Å². The molecule has 134 valence electrons. The van der Waals surface area contributed by atoms with Crippen LogP contribution < -0.4 is 10.0 Å². The first-order chi connectivity index (χ1) is 11.9. The first-order valence-electron chi connectivity index (χ1n) is 8.64. The Kier molecular flexibility index (Phi) is 5.06. The number of benzene rings is 1. The highest BCUT2D eigenvalue weighted by Crippen LogP contribution is 2.27. The summed E-state index contributed by atoms with van der Waals surface area (Å²) in [6, 6.07) is 9.51. The van der Waals surface area contributed by atoms with E-state index in [-0.39, 0.29) is 4.90 Å². The van der Waals surface area contributed by atoms with Crippen LogP contribution in [0.5, 0.6) is 0 Å². The van der Waals surface area contributed by atoms with E-state index in [1.807, 2.05) is 18.2 Å². The molecule has 0 aliphatic carbocycles. The first kappa shape index (κ1) is 17.8. The molecular weight excluding hydrogens is 336 g/mol. The number of sulfonamides is 1. The molecule has 3 rings (SSSR count). The molecule has 7 heteroatoms. The zero-order valence-electron chi connectivity index (χ0n) is 14.6. The summed E-state index contributed by atoms with van der Waals surface area (Å²) in [4.78, 5) is 2.45. The third kappa shape index (κ3) is 3.82. The van der Waals surface area contributed by atoms with Gasteiger partial charge in [0, 0.05) is 18.2 Å². The van der Waals surface area contributed by atoms with E-state index in [9.17, 15) is 8.42 Å². The molecule has 25 heavy (non-hydrogen) atoms. The predicted octanol–water partition coefficient (Wildman–Crippen LogP) is 2.87. The van der Waals surface area contributed by atoms with Crippen molar-refractivity contribution in [2.45, 2.75) is 50.5 Å². The monoisotopic (exact) mass is 360 g/mol. The van der Waals surface area contributed by atoms with Crippen molar-refractivity contribution in [3.05, 3.63) is 35.9 Å². The molecule has 2 N–H and O–H groups in total. The predicted molar refractivity (Wildman–Crippen MR) is 98.9 cm³/mol. The molecule has 2 heterocycles. The van der Waals surface area contributed by atoms with Crippen molar-refractivity contribution in [2.75, 3.05) is 11.4 Å². The highest BCUT2D eigenvalue weighted by molar-refractivity contribution is 7.89. The summed E-state index contributed by atoms with van der Waals surface area (Å²) in [7, 11) is -3.76. The van der Waals surface area contributed by atoms with Crippen molar-refractivity contribution < 1.29 is 8.42 Å². The van der Waals surface area contributed by atoms with Crippen LogP contribution in [0.2, 0.25) is 0 Å². The minimum Gasteiger partial charge on any atom is -0.352 e. The number of primary sulfonamides is 1. The number of hydrogen-bond donors (Lipinski definition) is 1. The number of hydrogen-bond acceptors (Lipinski definition) is 5. The number of nitrogens with zero attached hydrogens (tertiary/aromatic N) is 3. The largest absolute Gasteiger partial charge is 0.352 e.